The molecule has 0 spiro atoms. The van der Waals surface area contributed by atoms with Crippen LogP contribution in [0.1, 0.15) is 11.1 Å². The molecule has 0 radical (unpaired) electrons. The van der Waals surface area contributed by atoms with Crippen molar-refractivity contribution in [2.75, 3.05) is 0 Å². The van der Waals surface area contributed by atoms with Gasteiger partial charge in [0.15, 0.2) is 0 Å². The van der Waals surface area contributed by atoms with E-state index in [0.29, 0.717) is 0 Å². The minimum Gasteiger partial charge on any atom is -0.344 e. The van der Waals surface area contributed by atoms with Gasteiger partial charge in [-0.3, -0.25) is 4.98 Å². The van der Waals surface area contributed by atoms with E-state index in [1.807, 2.05) is 0 Å². The van der Waals surface area contributed by atoms with E-state index in [0.717, 1.165) is 12.3 Å². The second kappa shape index (κ2) is 3.53. The molecule has 0 unspecified atom stereocenters. The number of aromatic nitrogens is 1. The van der Waals surface area contributed by atoms with E-state index in [-0.39, 0.29) is 11.7 Å². The van der Waals surface area contributed by atoms with Crippen LogP contribution in [-0.2, 0) is 6.18 Å². The topological polar surface area (TPSA) is 47.9 Å². The van der Waals surface area contributed by atoms with Gasteiger partial charge in [-0.2, -0.15) is 13.2 Å². The van der Waals surface area contributed by atoms with Crippen LogP contribution in [0.2, 0.25) is 0 Å². The molecule has 1 heterocycles. The Labute approximate surface area is 68.0 Å². The maximum Gasteiger partial charge on any atom is 0.416 e. The zero-order valence-electron chi connectivity index (χ0n) is 6.52. The van der Waals surface area contributed by atoms with Gasteiger partial charge in [-0.15, -0.1) is 0 Å². The normalized spacial score (nSPS) is 10.7. The highest BCUT2D eigenvalue weighted by Crippen LogP contribution is 2.30. The first-order chi connectivity index (χ1) is 5.02. The third-order valence-electron chi connectivity index (χ3n) is 1.33. The van der Waals surface area contributed by atoms with Crippen molar-refractivity contribution in [3.8, 4) is 0 Å². The lowest BCUT2D eigenvalue weighted by Crippen LogP contribution is -2.07. The van der Waals surface area contributed by atoms with Crippen LogP contribution in [0.3, 0.4) is 0 Å². The van der Waals surface area contributed by atoms with Gasteiger partial charge in [0.2, 0.25) is 0 Å². The largest absolute Gasteiger partial charge is 0.416 e. The third kappa shape index (κ3) is 2.20. The Hall–Kier alpha value is -1.10. The number of hydrogen-bond acceptors (Lipinski definition) is 2. The van der Waals surface area contributed by atoms with Crippen LogP contribution < -0.4 is 6.15 Å². The first kappa shape index (κ1) is 10.9. The van der Waals surface area contributed by atoms with Crippen molar-refractivity contribution in [3.05, 3.63) is 29.6 Å². The van der Waals surface area contributed by atoms with Gasteiger partial charge in [-0.05, 0) is 18.6 Å². The molecule has 68 valence electrons. The van der Waals surface area contributed by atoms with Crippen molar-refractivity contribution >= 4 is 0 Å². The number of hydrogen-bond donors (Lipinski definition) is 1. The second-order valence-corrected chi connectivity index (χ2v) is 2.19. The Morgan fingerprint density at radius 3 is 2.25 bits per heavy atom. The van der Waals surface area contributed by atoms with E-state index >= 15 is 0 Å². The van der Waals surface area contributed by atoms with Crippen LogP contribution >= 0.6 is 0 Å². The van der Waals surface area contributed by atoms with E-state index in [9.17, 15) is 13.2 Å². The smallest absolute Gasteiger partial charge is 0.344 e. The molecule has 0 saturated carbocycles. The minimum absolute atomic E-state index is 0. The fourth-order valence-electron chi connectivity index (χ4n) is 0.791. The fourth-order valence-corrected chi connectivity index (χ4v) is 0.791. The molecule has 1 aromatic rings. The van der Waals surface area contributed by atoms with Crippen molar-refractivity contribution in [2.24, 2.45) is 0 Å². The van der Waals surface area contributed by atoms with Gasteiger partial charge in [-0.25, -0.2) is 0 Å². The monoisotopic (exact) mass is 178 g/mol. The molecule has 1 aromatic heterocycles. The fraction of sp³-hybridized carbons (Fsp3) is 0.286. The zero-order valence-corrected chi connectivity index (χ0v) is 6.52. The maximum absolute atomic E-state index is 12.0. The molecule has 0 fully saturated rings. The molecule has 1 rings (SSSR count). The number of pyridine rings is 1. The van der Waals surface area contributed by atoms with Crippen LogP contribution in [0.4, 0.5) is 13.2 Å². The summed E-state index contributed by atoms with van der Waals surface area (Å²) in [7, 11) is 0. The Morgan fingerprint density at radius 1 is 1.33 bits per heavy atom. The van der Waals surface area contributed by atoms with E-state index in [4.69, 9.17) is 0 Å². The van der Waals surface area contributed by atoms with Crippen LogP contribution in [0.5, 0.6) is 0 Å². The van der Waals surface area contributed by atoms with E-state index in [1.165, 1.54) is 13.1 Å². The van der Waals surface area contributed by atoms with E-state index in [1.54, 1.807) is 0 Å². The van der Waals surface area contributed by atoms with Crippen LogP contribution in [0, 0.1) is 6.92 Å². The summed E-state index contributed by atoms with van der Waals surface area (Å²) in [5.74, 6) is 0. The van der Waals surface area contributed by atoms with Crippen LogP contribution in [0.25, 0.3) is 0 Å². The number of halogens is 3. The Kier molecular flexibility index (Phi) is 3.21. The molecule has 12 heavy (non-hydrogen) atoms. The van der Waals surface area contributed by atoms with Gasteiger partial charge in [0.05, 0.1) is 5.56 Å². The van der Waals surface area contributed by atoms with E-state index < -0.39 is 11.7 Å². The summed E-state index contributed by atoms with van der Waals surface area (Å²) in [6.45, 7) is 1.38. The molecule has 0 aliphatic carbocycles. The van der Waals surface area contributed by atoms with Crippen molar-refractivity contribution in [2.45, 2.75) is 13.1 Å². The lowest BCUT2D eigenvalue weighted by Gasteiger charge is -2.07. The summed E-state index contributed by atoms with van der Waals surface area (Å²) < 4.78 is 36.1. The Morgan fingerprint density at radius 2 is 1.92 bits per heavy atom. The van der Waals surface area contributed by atoms with Gasteiger partial charge in [0.25, 0.3) is 0 Å². The standard InChI is InChI=1S/C7H6F3N.H3N/c1-5-4-11-3-2-6(5)7(8,9)10;/h2-4H,1H3;1H3. The molecular weight excluding hydrogens is 169 g/mol. The molecule has 0 bridgehead atoms. The van der Waals surface area contributed by atoms with Crippen molar-refractivity contribution in [1.29, 1.82) is 0 Å². The molecule has 0 aliphatic rings. The number of nitrogens with zero attached hydrogens (tertiary/aromatic N) is 1. The lowest BCUT2D eigenvalue weighted by molar-refractivity contribution is -0.138. The molecule has 0 atom stereocenters. The molecule has 0 amide bonds. The summed E-state index contributed by atoms with van der Waals surface area (Å²) in [5.41, 5.74) is -0.465. The summed E-state index contributed by atoms with van der Waals surface area (Å²) in [5, 5.41) is 0. The van der Waals surface area contributed by atoms with Crippen molar-refractivity contribution < 1.29 is 13.2 Å². The molecular formula is C7H9F3N2. The SMILES string of the molecule is Cc1cnccc1C(F)(F)F.N. The lowest BCUT2D eigenvalue weighted by atomic mass is 10.1. The third-order valence-corrected chi connectivity index (χ3v) is 1.33. The molecule has 5 heteroatoms. The summed E-state index contributed by atoms with van der Waals surface area (Å²) in [6.07, 6.45) is -1.92. The Balaban J connectivity index is 0.00000121. The first-order valence-corrected chi connectivity index (χ1v) is 2.99. The predicted octanol–water partition coefficient (Wildman–Crippen LogP) is 2.57. The van der Waals surface area contributed by atoms with E-state index in [2.05, 4.69) is 4.98 Å². The number of rotatable bonds is 0. The summed E-state index contributed by atoms with van der Waals surface area (Å²) in [6, 6.07) is 0.968. The summed E-state index contributed by atoms with van der Waals surface area (Å²) in [4.78, 5) is 3.56. The average molecular weight is 178 g/mol. The first-order valence-electron chi connectivity index (χ1n) is 2.99. The highest BCUT2D eigenvalue weighted by atomic mass is 19.4. The average Bonchev–Trinajstić information content (AvgIpc) is 1.86. The molecule has 0 saturated heterocycles. The second-order valence-electron chi connectivity index (χ2n) is 2.19. The summed E-state index contributed by atoms with van der Waals surface area (Å²) >= 11 is 0. The zero-order chi connectivity index (χ0) is 8.48. The number of aryl methyl sites for hydroxylation is 1. The maximum atomic E-state index is 12.0. The van der Waals surface area contributed by atoms with Gasteiger partial charge in [0.1, 0.15) is 0 Å². The minimum atomic E-state index is -4.26. The molecule has 0 aliphatic heterocycles. The van der Waals surface area contributed by atoms with Gasteiger partial charge in [0, 0.05) is 12.4 Å². The van der Waals surface area contributed by atoms with Gasteiger partial charge >= 0.3 is 6.18 Å². The quantitative estimate of drug-likeness (QED) is 0.663. The molecule has 2 nitrogen and oxygen atoms in total. The number of alkyl halides is 3. The molecule has 0 aromatic carbocycles. The van der Waals surface area contributed by atoms with Crippen molar-refractivity contribution in [1.82, 2.24) is 11.1 Å². The Bertz CT molecular complexity index is 257. The predicted molar refractivity (Wildman–Crippen MR) is 39.0 cm³/mol. The van der Waals surface area contributed by atoms with Crippen LogP contribution in [-0.4, -0.2) is 4.98 Å². The van der Waals surface area contributed by atoms with Crippen molar-refractivity contribution in [3.63, 3.8) is 0 Å². The highest BCUT2D eigenvalue weighted by Gasteiger charge is 2.31. The van der Waals surface area contributed by atoms with Gasteiger partial charge in [-0.1, -0.05) is 0 Å². The van der Waals surface area contributed by atoms with Gasteiger partial charge < -0.3 is 6.15 Å². The van der Waals surface area contributed by atoms with Crippen LogP contribution in [0.15, 0.2) is 18.5 Å². The highest BCUT2D eigenvalue weighted by molar-refractivity contribution is 5.24. The molecule has 3 N–H and O–H groups in total.